The lowest BCUT2D eigenvalue weighted by Crippen LogP contribution is -2.38. The molecule has 5 nitrogen and oxygen atoms in total. The molecule has 0 spiro atoms. The van der Waals surface area contributed by atoms with Crippen molar-refractivity contribution in [2.24, 2.45) is 0 Å². The van der Waals surface area contributed by atoms with Crippen molar-refractivity contribution in [1.82, 2.24) is 9.88 Å². The van der Waals surface area contributed by atoms with Gasteiger partial charge in [0.05, 0.1) is 13.1 Å². The molecule has 1 amide bonds. The van der Waals surface area contributed by atoms with Crippen LogP contribution >= 0.6 is 0 Å². The van der Waals surface area contributed by atoms with Crippen molar-refractivity contribution in [3.8, 4) is 0 Å². The first-order chi connectivity index (χ1) is 16.0. The van der Waals surface area contributed by atoms with Crippen molar-refractivity contribution < 1.29 is 9.18 Å². The summed E-state index contributed by atoms with van der Waals surface area (Å²) in [5, 5.41) is 0. The number of anilines is 2. The lowest BCUT2D eigenvalue weighted by atomic mass is 10.2. The Balaban J connectivity index is 1.48. The van der Waals surface area contributed by atoms with Crippen molar-refractivity contribution in [2.75, 3.05) is 29.9 Å². The van der Waals surface area contributed by atoms with E-state index in [4.69, 9.17) is 0 Å². The zero-order valence-electron chi connectivity index (χ0n) is 19.3. The van der Waals surface area contributed by atoms with Gasteiger partial charge in [-0.2, -0.15) is 0 Å². The summed E-state index contributed by atoms with van der Waals surface area (Å²) in [5.41, 5.74) is 2.76. The molecule has 0 unspecified atom stereocenters. The van der Waals surface area contributed by atoms with E-state index in [1.54, 1.807) is 17.0 Å². The molecule has 1 saturated carbocycles. The second-order valence-corrected chi connectivity index (χ2v) is 8.66. The molecule has 1 aliphatic carbocycles. The van der Waals surface area contributed by atoms with Crippen LogP contribution in [0.4, 0.5) is 15.9 Å². The highest BCUT2D eigenvalue weighted by Gasteiger charge is 2.28. The minimum absolute atomic E-state index is 0.0442. The van der Waals surface area contributed by atoms with Crippen LogP contribution in [0.5, 0.6) is 0 Å². The molecule has 3 aromatic rings. The Kier molecular flexibility index (Phi) is 7.35. The van der Waals surface area contributed by atoms with Gasteiger partial charge in [-0.15, -0.1) is 0 Å². The summed E-state index contributed by atoms with van der Waals surface area (Å²) in [6, 6.07) is 20.8. The van der Waals surface area contributed by atoms with Gasteiger partial charge in [0, 0.05) is 31.0 Å². The molecule has 33 heavy (non-hydrogen) atoms. The lowest BCUT2D eigenvalue weighted by Gasteiger charge is -2.26. The lowest BCUT2D eigenvalue weighted by molar-refractivity contribution is -0.119. The molecule has 0 atom stereocenters. The number of amides is 1. The zero-order valence-corrected chi connectivity index (χ0v) is 19.3. The molecule has 1 fully saturated rings. The van der Waals surface area contributed by atoms with E-state index in [0.717, 1.165) is 23.5 Å². The fraction of sp³-hybridized carbons (Fsp3) is 0.333. The number of hydrogen-bond acceptors (Lipinski definition) is 4. The minimum atomic E-state index is -0.321. The summed E-state index contributed by atoms with van der Waals surface area (Å²) in [4.78, 5) is 24.0. The topological polar surface area (TPSA) is 39.7 Å². The molecule has 2 aromatic carbocycles. The first-order valence-corrected chi connectivity index (χ1v) is 11.5. The average Bonchev–Trinajstić information content (AvgIpc) is 3.65. The third-order valence-electron chi connectivity index (χ3n) is 5.91. The van der Waals surface area contributed by atoms with E-state index in [0.29, 0.717) is 24.8 Å². The molecule has 1 aromatic heterocycles. The monoisotopic (exact) mass is 446 g/mol. The van der Waals surface area contributed by atoms with Gasteiger partial charge in [0.25, 0.3) is 0 Å². The summed E-state index contributed by atoms with van der Waals surface area (Å²) in [6.45, 7) is 4.39. The van der Waals surface area contributed by atoms with Gasteiger partial charge in [-0.25, -0.2) is 9.37 Å². The third kappa shape index (κ3) is 6.17. The maximum atomic E-state index is 13.5. The molecule has 172 valence electrons. The van der Waals surface area contributed by atoms with E-state index in [1.165, 1.54) is 25.0 Å². The molecular weight excluding hydrogens is 415 g/mol. The summed E-state index contributed by atoms with van der Waals surface area (Å²) in [6.07, 6.45) is 4.29. The molecule has 6 heteroatoms. The van der Waals surface area contributed by atoms with Gasteiger partial charge in [-0.3, -0.25) is 9.69 Å². The van der Waals surface area contributed by atoms with Crippen molar-refractivity contribution in [3.05, 3.63) is 89.9 Å². The van der Waals surface area contributed by atoms with Crippen LogP contribution in [0.3, 0.4) is 0 Å². The second kappa shape index (κ2) is 10.6. The van der Waals surface area contributed by atoms with Crippen LogP contribution in [0.1, 0.15) is 30.9 Å². The highest BCUT2D eigenvalue weighted by molar-refractivity contribution is 5.94. The van der Waals surface area contributed by atoms with Crippen molar-refractivity contribution in [2.45, 2.75) is 38.9 Å². The Bertz CT molecular complexity index is 1040. The predicted octanol–water partition coefficient (Wildman–Crippen LogP) is 4.87. The summed E-state index contributed by atoms with van der Waals surface area (Å²) < 4.78 is 13.5. The van der Waals surface area contributed by atoms with E-state index in [-0.39, 0.29) is 18.3 Å². The van der Waals surface area contributed by atoms with Gasteiger partial charge in [0.1, 0.15) is 11.6 Å². The predicted molar refractivity (Wildman–Crippen MR) is 131 cm³/mol. The average molecular weight is 447 g/mol. The van der Waals surface area contributed by atoms with Crippen molar-refractivity contribution >= 4 is 17.4 Å². The SMILES string of the molecule is CCN(c1ccc(CN(C(=O)CN(C)Cc2ccccc2)c2ccc(F)cc2)cn1)C1CC1. The Morgan fingerprint density at radius 3 is 2.30 bits per heavy atom. The first kappa shape index (κ1) is 22.9. The number of carbonyl (C=O) groups is 1. The van der Waals surface area contributed by atoms with Gasteiger partial charge in [0.2, 0.25) is 5.91 Å². The van der Waals surface area contributed by atoms with Gasteiger partial charge in [-0.1, -0.05) is 36.4 Å². The van der Waals surface area contributed by atoms with Crippen LogP contribution in [0.2, 0.25) is 0 Å². The summed E-state index contributed by atoms with van der Waals surface area (Å²) in [5.74, 6) is 0.612. The fourth-order valence-electron chi connectivity index (χ4n) is 4.07. The number of benzene rings is 2. The fourth-order valence-corrected chi connectivity index (χ4v) is 4.07. The van der Waals surface area contributed by atoms with Crippen LogP contribution in [0.25, 0.3) is 0 Å². The number of likely N-dealkylation sites (N-methyl/N-ethyl adjacent to an activating group) is 1. The molecule has 4 rings (SSSR count). The molecule has 0 saturated heterocycles. The number of rotatable bonds is 10. The number of pyridine rings is 1. The van der Waals surface area contributed by atoms with Gasteiger partial charge < -0.3 is 9.80 Å². The molecule has 0 N–H and O–H groups in total. The van der Waals surface area contributed by atoms with Crippen LogP contribution in [-0.4, -0.2) is 42.0 Å². The van der Waals surface area contributed by atoms with Gasteiger partial charge in [-0.05, 0) is 68.3 Å². The Morgan fingerprint density at radius 2 is 1.70 bits per heavy atom. The smallest absolute Gasteiger partial charge is 0.241 e. The summed E-state index contributed by atoms with van der Waals surface area (Å²) in [7, 11) is 1.93. The van der Waals surface area contributed by atoms with Crippen molar-refractivity contribution in [3.63, 3.8) is 0 Å². The molecule has 0 bridgehead atoms. The zero-order chi connectivity index (χ0) is 23.2. The normalized spacial score (nSPS) is 13.2. The molecule has 1 aliphatic rings. The number of carbonyl (C=O) groups excluding carboxylic acids is 1. The standard InChI is InChI=1S/C27H31FN4O/c1-3-31(24-14-15-24)26-16-9-22(17-29-26)19-32(25-12-10-23(28)11-13-25)27(33)20-30(2)18-21-7-5-4-6-8-21/h4-13,16-17,24H,3,14-15,18-20H2,1-2H3. The van der Waals surface area contributed by atoms with E-state index < -0.39 is 0 Å². The van der Waals surface area contributed by atoms with Crippen molar-refractivity contribution in [1.29, 1.82) is 0 Å². The van der Waals surface area contributed by atoms with Crippen LogP contribution in [0, 0.1) is 5.82 Å². The Hall–Kier alpha value is -3.25. The quantitative estimate of drug-likeness (QED) is 0.445. The second-order valence-electron chi connectivity index (χ2n) is 8.66. The molecular formula is C27H31FN4O. The van der Waals surface area contributed by atoms with E-state index in [2.05, 4.69) is 16.8 Å². The van der Waals surface area contributed by atoms with E-state index in [1.807, 2.05) is 60.6 Å². The van der Waals surface area contributed by atoms with Gasteiger partial charge >= 0.3 is 0 Å². The Labute approximate surface area is 195 Å². The van der Waals surface area contributed by atoms with E-state index in [9.17, 15) is 9.18 Å². The highest BCUT2D eigenvalue weighted by atomic mass is 19.1. The number of nitrogens with zero attached hydrogens (tertiary/aromatic N) is 4. The number of aromatic nitrogens is 1. The largest absolute Gasteiger partial charge is 0.354 e. The van der Waals surface area contributed by atoms with Gasteiger partial charge in [0.15, 0.2) is 0 Å². The molecule has 0 radical (unpaired) electrons. The van der Waals surface area contributed by atoms with Crippen LogP contribution in [-0.2, 0) is 17.9 Å². The van der Waals surface area contributed by atoms with Crippen LogP contribution in [0.15, 0.2) is 72.9 Å². The highest BCUT2D eigenvalue weighted by Crippen LogP contribution is 2.30. The Morgan fingerprint density at radius 1 is 0.970 bits per heavy atom. The van der Waals surface area contributed by atoms with E-state index >= 15 is 0 Å². The third-order valence-corrected chi connectivity index (χ3v) is 5.91. The first-order valence-electron chi connectivity index (χ1n) is 11.5. The summed E-state index contributed by atoms with van der Waals surface area (Å²) >= 11 is 0. The molecule has 1 heterocycles. The minimum Gasteiger partial charge on any atom is -0.354 e. The van der Waals surface area contributed by atoms with Crippen LogP contribution < -0.4 is 9.80 Å². The number of hydrogen-bond donors (Lipinski definition) is 0. The molecule has 0 aliphatic heterocycles. The number of halogens is 1. The maximum absolute atomic E-state index is 13.5. The maximum Gasteiger partial charge on any atom is 0.241 e.